The van der Waals surface area contributed by atoms with Crippen LogP contribution < -0.4 is 10.6 Å². The topological polar surface area (TPSA) is 44.4 Å². The maximum Gasteiger partial charge on any atom is 0.242 e. The average molecular weight is 406 g/mol. The standard InChI is InChI=1S/C18H27N3OS.2ClH/c1-14-7-8-19-13-16(14)20-18(22)17(15-5-3-2-4-6-15)21-9-11-23-12-10-21;;/h2-6,14,16-17,19H,7-13H2,1H3,(H,20,22);2*1H. The first-order valence-corrected chi connectivity index (χ1v) is 9.79. The van der Waals surface area contributed by atoms with Gasteiger partial charge in [-0.1, -0.05) is 37.3 Å². The van der Waals surface area contributed by atoms with Gasteiger partial charge in [0, 0.05) is 37.2 Å². The lowest BCUT2D eigenvalue weighted by Crippen LogP contribution is -2.53. The van der Waals surface area contributed by atoms with E-state index in [4.69, 9.17) is 0 Å². The van der Waals surface area contributed by atoms with Crippen molar-refractivity contribution in [2.24, 2.45) is 5.92 Å². The van der Waals surface area contributed by atoms with Crippen LogP contribution in [0.25, 0.3) is 0 Å². The van der Waals surface area contributed by atoms with Gasteiger partial charge in [-0.05, 0) is 24.4 Å². The summed E-state index contributed by atoms with van der Waals surface area (Å²) in [4.78, 5) is 15.4. The second-order valence-corrected chi connectivity index (χ2v) is 7.77. The molecule has 7 heteroatoms. The molecule has 0 radical (unpaired) electrons. The van der Waals surface area contributed by atoms with Crippen LogP contribution in [0.1, 0.15) is 24.9 Å². The minimum absolute atomic E-state index is 0. The van der Waals surface area contributed by atoms with Gasteiger partial charge in [0.25, 0.3) is 0 Å². The van der Waals surface area contributed by atoms with E-state index < -0.39 is 0 Å². The van der Waals surface area contributed by atoms with Crippen molar-refractivity contribution in [1.29, 1.82) is 0 Å². The van der Waals surface area contributed by atoms with E-state index in [2.05, 4.69) is 34.6 Å². The lowest BCUT2D eigenvalue weighted by Gasteiger charge is -2.36. The molecule has 142 valence electrons. The second-order valence-electron chi connectivity index (χ2n) is 6.55. The summed E-state index contributed by atoms with van der Waals surface area (Å²) < 4.78 is 0. The van der Waals surface area contributed by atoms with E-state index in [0.717, 1.165) is 49.7 Å². The van der Waals surface area contributed by atoms with E-state index in [1.165, 1.54) is 0 Å². The van der Waals surface area contributed by atoms with Gasteiger partial charge in [0.1, 0.15) is 6.04 Å². The number of benzene rings is 1. The van der Waals surface area contributed by atoms with E-state index >= 15 is 0 Å². The van der Waals surface area contributed by atoms with Crippen LogP contribution in [-0.2, 0) is 4.79 Å². The largest absolute Gasteiger partial charge is 0.350 e. The number of rotatable bonds is 4. The molecule has 1 aromatic rings. The van der Waals surface area contributed by atoms with E-state index in [1.54, 1.807) is 0 Å². The Kier molecular flexibility index (Phi) is 10.2. The van der Waals surface area contributed by atoms with Gasteiger partial charge in [-0.3, -0.25) is 9.69 Å². The molecule has 3 rings (SSSR count). The van der Waals surface area contributed by atoms with Crippen LogP contribution in [-0.4, -0.2) is 54.5 Å². The van der Waals surface area contributed by atoms with E-state index in [0.29, 0.717) is 5.92 Å². The second kappa shape index (κ2) is 11.3. The molecule has 4 nitrogen and oxygen atoms in total. The van der Waals surface area contributed by atoms with Gasteiger partial charge in [-0.15, -0.1) is 24.8 Å². The number of halogens is 2. The van der Waals surface area contributed by atoms with Gasteiger partial charge < -0.3 is 10.6 Å². The SMILES string of the molecule is CC1CCNCC1NC(=O)C(c1ccccc1)N1CCSCC1.Cl.Cl. The zero-order chi connectivity index (χ0) is 16.1. The normalized spacial score (nSPS) is 25.2. The molecule has 1 aromatic carbocycles. The van der Waals surface area contributed by atoms with Crippen LogP contribution in [0, 0.1) is 5.92 Å². The highest BCUT2D eigenvalue weighted by Crippen LogP contribution is 2.25. The average Bonchev–Trinajstić information content (AvgIpc) is 2.59. The third-order valence-electron chi connectivity index (χ3n) is 4.93. The predicted molar refractivity (Wildman–Crippen MR) is 111 cm³/mol. The van der Waals surface area contributed by atoms with Crippen LogP contribution in [0.2, 0.25) is 0 Å². The van der Waals surface area contributed by atoms with Gasteiger partial charge in [0.05, 0.1) is 0 Å². The number of amides is 1. The fraction of sp³-hybridized carbons (Fsp3) is 0.611. The molecular formula is C18H29Cl2N3OS. The monoisotopic (exact) mass is 405 g/mol. The van der Waals surface area contributed by atoms with Crippen molar-refractivity contribution >= 4 is 42.5 Å². The fourth-order valence-electron chi connectivity index (χ4n) is 3.44. The fourth-order valence-corrected chi connectivity index (χ4v) is 4.37. The van der Waals surface area contributed by atoms with Crippen molar-refractivity contribution < 1.29 is 4.79 Å². The molecule has 0 spiro atoms. The van der Waals surface area contributed by atoms with E-state index in [9.17, 15) is 4.79 Å². The highest BCUT2D eigenvalue weighted by atomic mass is 35.5. The van der Waals surface area contributed by atoms with Crippen molar-refractivity contribution in [2.45, 2.75) is 25.4 Å². The molecule has 0 saturated carbocycles. The zero-order valence-electron chi connectivity index (χ0n) is 14.6. The molecule has 25 heavy (non-hydrogen) atoms. The number of hydrogen-bond donors (Lipinski definition) is 2. The minimum atomic E-state index is -0.161. The molecule has 2 heterocycles. The molecule has 1 amide bonds. The maximum atomic E-state index is 13.1. The van der Waals surface area contributed by atoms with Crippen LogP contribution in [0.15, 0.2) is 30.3 Å². The summed E-state index contributed by atoms with van der Waals surface area (Å²) in [6.45, 7) is 6.14. The van der Waals surface area contributed by atoms with Crippen LogP contribution >= 0.6 is 36.6 Å². The Balaban J connectivity index is 0.00000156. The zero-order valence-corrected chi connectivity index (χ0v) is 17.1. The Morgan fingerprint density at radius 2 is 1.92 bits per heavy atom. The van der Waals surface area contributed by atoms with Gasteiger partial charge in [0.2, 0.25) is 5.91 Å². The third kappa shape index (κ3) is 6.04. The number of thioether (sulfide) groups is 1. The maximum absolute atomic E-state index is 13.1. The first kappa shape index (κ1) is 22.6. The Morgan fingerprint density at radius 3 is 2.56 bits per heavy atom. The summed E-state index contributed by atoms with van der Waals surface area (Å²) in [5, 5.41) is 6.71. The summed E-state index contributed by atoms with van der Waals surface area (Å²) in [5.74, 6) is 2.91. The molecular weight excluding hydrogens is 377 g/mol. The molecule has 0 aromatic heterocycles. The molecule has 2 N–H and O–H groups in total. The van der Waals surface area contributed by atoms with Crippen LogP contribution in [0.3, 0.4) is 0 Å². The third-order valence-corrected chi connectivity index (χ3v) is 5.87. The Bertz CT molecular complexity index is 514. The number of hydrogen-bond acceptors (Lipinski definition) is 4. The molecule has 3 unspecified atom stereocenters. The predicted octanol–water partition coefficient (Wildman–Crippen LogP) is 2.73. The number of carbonyl (C=O) groups is 1. The van der Waals surface area contributed by atoms with Crippen LogP contribution in [0.4, 0.5) is 0 Å². The highest BCUT2D eigenvalue weighted by Gasteiger charge is 2.31. The van der Waals surface area contributed by atoms with Gasteiger partial charge >= 0.3 is 0 Å². The molecule has 0 aliphatic carbocycles. The van der Waals surface area contributed by atoms with Crippen molar-refractivity contribution in [3.63, 3.8) is 0 Å². The first-order chi connectivity index (χ1) is 11.3. The molecule has 0 bridgehead atoms. The quantitative estimate of drug-likeness (QED) is 0.807. The number of nitrogens with one attached hydrogen (secondary N) is 2. The molecule has 2 aliphatic heterocycles. The molecule has 2 saturated heterocycles. The summed E-state index contributed by atoms with van der Waals surface area (Å²) in [6, 6.07) is 10.3. The lowest BCUT2D eigenvalue weighted by molar-refractivity contribution is -0.127. The lowest BCUT2D eigenvalue weighted by atomic mass is 9.94. The summed E-state index contributed by atoms with van der Waals surface area (Å²) in [7, 11) is 0. The number of piperidine rings is 1. The first-order valence-electron chi connectivity index (χ1n) is 8.63. The summed E-state index contributed by atoms with van der Waals surface area (Å²) in [5.41, 5.74) is 1.10. The Morgan fingerprint density at radius 1 is 1.24 bits per heavy atom. The van der Waals surface area contributed by atoms with Crippen molar-refractivity contribution in [3.05, 3.63) is 35.9 Å². The highest BCUT2D eigenvalue weighted by molar-refractivity contribution is 7.99. The van der Waals surface area contributed by atoms with Gasteiger partial charge in [-0.25, -0.2) is 0 Å². The van der Waals surface area contributed by atoms with E-state index in [1.807, 2.05) is 30.0 Å². The van der Waals surface area contributed by atoms with Gasteiger partial charge in [-0.2, -0.15) is 11.8 Å². The van der Waals surface area contributed by atoms with Crippen molar-refractivity contribution in [3.8, 4) is 0 Å². The van der Waals surface area contributed by atoms with Gasteiger partial charge in [0.15, 0.2) is 0 Å². The molecule has 2 fully saturated rings. The van der Waals surface area contributed by atoms with Crippen molar-refractivity contribution in [2.75, 3.05) is 37.7 Å². The number of nitrogens with zero attached hydrogens (tertiary/aromatic N) is 1. The molecule has 2 aliphatic rings. The summed E-state index contributed by atoms with van der Waals surface area (Å²) in [6.07, 6.45) is 1.13. The minimum Gasteiger partial charge on any atom is -0.350 e. The Hall–Kier alpha value is -0.460. The van der Waals surface area contributed by atoms with E-state index in [-0.39, 0.29) is 42.8 Å². The Labute approximate surface area is 167 Å². The summed E-state index contributed by atoms with van der Waals surface area (Å²) >= 11 is 1.98. The number of carbonyl (C=O) groups excluding carboxylic acids is 1. The smallest absolute Gasteiger partial charge is 0.242 e. The molecule has 3 atom stereocenters. The van der Waals surface area contributed by atoms with Crippen molar-refractivity contribution in [1.82, 2.24) is 15.5 Å². The van der Waals surface area contributed by atoms with Crippen LogP contribution in [0.5, 0.6) is 0 Å².